The van der Waals surface area contributed by atoms with Crippen LogP contribution in [-0.2, 0) is 22.6 Å². The molecule has 3 atom stereocenters. The van der Waals surface area contributed by atoms with Crippen molar-refractivity contribution in [2.75, 3.05) is 20.1 Å². The molecule has 228 valence electrons. The van der Waals surface area contributed by atoms with Gasteiger partial charge in [0.2, 0.25) is 5.91 Å². The molecule has 0 aliphatic carbocycles. The van der Waals surface area contributed by atoms with Gasteiger partial charge in [-0.3, -0.25) is 14.4 Å². The number of methoxy groups -OCH3 is 2. The van der Waals surface area contributed by atoms with E-state index in [4.69, 9.17) is 9.47 Å². The largest absolute Gasteiger partial charge is 0.497 e. The van der Waals surface area contributed by atoms with Gasteiger partial charge in [-0.1, -0.05) is 54.6 Å². The van der Waals surface area contributed by atoms with Crippen molar-refractivity contribution in [3.8, 4) is 11.5 Å². The highest BCUT2D eigenvalue weighted by molar-refractivity contribution is 8.00. The number of amides is 3. The lowest BCUT2D eigenvalue weighted by atomic mass is 9.96. The number of nitrogens with zero attached hydrogens (tertiary/aromatic N) is 1. The van der Waals surface area contributed by atoms with Crippen LogP contribution >= 0.6 is 11.8 Å². The molecule has 0 spiro atoms. The number of hydrogen-bond acceptors (Lipinski definition) is 7. The molecule has 1 unspecified atom stereocenters. The van der Waals surface area contributed by atoms with Crippen LogP contribution in [0.4, 0.5) is 0 Å². The third kappa shape index (κ3) is 7.50. The van der Waals surface area contributed by atoms with Gasteiger partial charge in [-0.15, -0.1) is 11.8 Å². The van der Waals surface area contributed by atoms with Crippen molar-refractivity contribution >= 4 is 29.5 Å². The number of rotatable bonds is 11. The molecule has 0 radical (unpaired) electrons. The summed E-state index contributed by atoms with van der Waals surface area (Å²) in [6, 6.07) is 20.1. The van der Waals surface area contributed by atoms with E-state index in [1.165, 1.54) is 30.9 Å². The van der Waals surface area contributed by atoms with Crippen LogP contribution in [0.3, 0.4) is 0 Å². The van der Waals surface area contributed by atoms with Crippen LogP contribution in [0, 0.1) is 6.92 Å². The normalized spacial score (nSPS) is 17.1. The maximum Gasteiger partial charge on any atom is 0.255 e. The highest BCUT2D eigenvalue weighted by atomic mass is 32.2. The van der Waals surface area contributed by atoms with Gasteiger partial charge in [0, 0.05) is 17.4 Å². The third-order valence-corrected chi connectivity index (χ3v) is 9.07. The predicted octanol–water partition coefficient (Wildman–Crippen LogP) is 3.71. The topological polar surface area (TPSA) is 117 Å². The van der Waals surface area contributed by atoms with Gasteiger partial charge in [0.15, 0.2) is 6.10 Å². The fraction of sp³-hybridized carbons (Fsp3) is 0.364. The number of aryl methyl sites for hydroxylation is 1. The van der Waals surface area contributed by atoms with Gasteiger partial charge in [0.05, 0.1) is 31.7 Å². The number of aliphatic hydroxyl groups excluding tert-OH is 1. The van der Waals surface area contributed by atoms with E-state index in [0.29, 0.717) is 18.0 Å². The zero-order chi connectivity index (χ0) is 31.1. The number of carbonyl (C=O) groups excluding carboxylic acids is 3. The maximum atomic E-state index is 13.9. The summed E-state index contributed by atoms with van der Waals surface area (Å²) < 4.78 is 10.0. The van der Waals surface area contributed by atoms with Crippen molar-refractivity contribution in [2.45, 2.75) is 56.7 Å². The van der Waals surface area contributed by atoms with E-state index >= 15 is 0 Å². The first-order chi connectivity index (χ1) is 20.6. The van der Waals surface area contributed by atoms with E-state index in [-0.39, 0.29) is 23.8 Å². The first kappa shape index (κ1) is 31.9. The fourth-order valence-electron chi connectivity index (χ4n) is 5.18. The Bertz CT molecular complexity index is 1450. The Kier molecular flexibility index (Phi) is 10.4. The minimum absolute atomic E-state index is 0.187. The minimum atomic E-state index is -1.62. The molecule has 3 N–H and O–H groups in total. The summed E-state index contributed by atoms with van der Waals surface area (Å²) in [6.07, 6.45) is -1.43. The standard InChI is InChI=1S/C33H39N3O6S/c1-21-11-9-10-14-23(21)19-34-31(39)29-33(2,3)43-20-36(29)32(40)28(37)26(17-22-12-7-6-8-13-22)35-30(38)25-16-15-24(41-4)18-27(25)42-5/h6-16,18,26,28-29,37H,17,19-20H2,1-5H3,(H,34,39)(H,35,38)/t26?,28-,29+/m0/s1. The molecule has 9 nitrogen and oxygen atoms in total. The van der Waals surface area contributed by atoms with E-state index in [9.17, 15) is 19.5 Å². The van der Waals surface area contributed by atoms with E-state index in [0.717, 1.165) is 16.7 Å². The second-order valence-electron chi connectivity index (χ2n) is 11.0. The summed E-state index contributed by atoms with van der Waals surface area (Å²) in [5, 5.41) is 17.4. The lowest BCUT2D eigenvalue weighted by molar-refractivity contribution is -0.147. The molecular weight excluding hydrogens is 566 g/mol. The molecule has 4 rings (SSSR count). The molecule has 1 saturated heterocycles. The second kappa shape index (κ2) is 14.0. The summed E-state index contributed by atoms with van der Waals surface area (Å²) in [6.45, 7) is 6.12. The van der Waals surface area contributed by atoms with Crippen molar-refractivity contribution in [3.63, 3.8) is 0 Å². The molecule has 3 aromatic carbocycles. The van der Waals surface area contributed by atoms with Gasteiger partial charge < -0.3 is 30.1 Å². The van der Waals surface area contributed by atoms with Crippen molar-refractivity contribution < 1.29 is 29.0 Å². The average Bonchev–Trinajstić information content (AvgIpc) is 3.34. The molecular formula is C33H39N3O6S. The van der Waals surface area contributed by atoms with Crippen molar-refractivity contribution in [1.29, 1.82) is 0 Å². The van der Waals surface area contributed by atoms with E-state index in [1.54, 1.807) is 18.2 Å². The van der Waals surface area contributed by atoms with Crippen molar-refractivity contribution in [2.24, 2.45) is 0 Å². The zero-order valence-corrected chi connectivity index (χ0v) is 25.9. The summed E-state index contributed by atoms with van der Waals surface area (Å²) >= 11 is 1.47. The smallest absolute Gasteiger partial charge is 0.255 e. The third-order valence-electron chi connectivity index (χ3n) is 7.69. The van der Waals surface area contributed by atoms with E-state index in [2.05, 4.69) is 10.6 Å². The highest BCUT2D eigenvalue weighted by Gasteiger charge is 2.49. The zero-order valence-electron chi connectivity index (χ0n) is 25.1. The van der Waals surface area contributed by atoms with Crippen LogP contribution in [0.5, 0.6) is 11.5 Å². The molecule has 1 aliphatic heterocycles. The summed E-state index contributed by atoms with van der Waals surface area (Å²) in [5.41, 5.74) is 3.09. The van der Waals surface area contributed by atoms with E-state index in [1.807, 2.05) is 75.4 Å². The first-order valence-electron chi connectivity index (χ1n) is 14.1. The van der Waals surface area contributed by atoms with Gasteiger partial charge in [-0.2, -0.15) is 0 Å². The quantitative estimate of drug-likeness (QED) is 0.305. The van der Waals surface area contributed by atoms with Crippen LogP contribution < -0.4 is 20.1 Å². The Hall–Kier alpha value is -4.02. The number of thioether (sulfide) groups is 1. The molecule has 1 aliphatic rings. The molecule has 0 saturated carbocycles. The highest BCUT2D eigenvalue weighted by Crippen LogP contribution is 2.40. The minimum Gasteiger partial charge on any atom is -0.497 e. The van der Waals surface area contributed by atoms with Gasteiger partial charge in [0.25, 0.3) is 11.8 Å². The van der Waals surface area contributed by atoms with Crippen LogP contribution in [0.25, 0.3) is 0 Å². The Morgan fingerprint density at radius 1 is 1.02 bits per heavy atom. The van der Waals surface area contributed by atoms with Crippen LogP contribution in [-0.4, -0.2) is 70.8 Å². The number of aliphatic hydroxyl groups is 1. The Morgan fingerprint density at radius 3 is 2.40 bits per heavy atom. The average molecular weight is 606 g/mol. The molecule has 1 fully saturated rings. The number of ether oxygens (including phenoxy) is 2. The molecule has 3 aromatic rings. The predicted molar refractivity (Wildman–Crippen MR) is 167 cm³/mol. The number of nitrogens with one attached hydrogen (secondary N) is 2. The lowest BCUT2D eigenvalue weighted by Gasteiger charge is -2.33. The van der Waals surface area contributed by atoms with Crippen LogP contribution in [0.2, 0.25) is 0 Å². The van der Waals surface area contributed by atoms with Gasteiger partial charge in [0.1, 0.15) is 17.5 Å². The summed E-state index contributed by atoms with van der Waals surface area (Å²) in [4.78, 5) is 42.3. The fourth-order valence-corrected chi connectivity index (χ4v) is 6.32. The lowest BCUT2D eigenvalue weighted by Crippen LogP contribution is -2.58. The number of carbonyl (C=O) groups is 3. The number of benzene rings is 3. The molecule has 43 heavy (non-hydrogen) atoms. The van der Waals surface area contributed by atoms with Crippen LogP contribution in [0.15, 0.2) is 72.8 Å². The number of hydrogen-bond donors (Lipinski definition) is 3. The Balaban J connectivity index is 1.57. The Morgan fingerprint density at radius 2 is 1.72 bits per heavy atom. The van der Waals surface area contributed by atoms with Gasteiger partial charge in [-0.25, -0.2) is 0 Å². The van der Waals surface area contributed by atoms with Crippen LogP contribution in [0.1, 0.15) is 40.9 Å². The molecule has 0 aromatic heterocycles. The first-order valence-corrected chi connectivity index (χ1v) is 15.1. The SMILES string of the molecule is COc1ccc(C(=O)NC(Cc2ccccc2)[C@H](O)C(=O)N2CSC(C)(C)[C@H]2C(=O)NCc2ccccc2C)c(OC)c1. The Labute approximate surface area is 257 Å². The maximum absolute atomic E-state index is 13.9. The van der Waals surface area contributed by atoms with Crippen molar-refractivity contribution in [1.82, 2.24) is 15.5 Å². The molecule has 0 bridgehead atoms. The molecule has 1 heterocycles. The van der Waals surface area contributed by atoms with Gasteiger partial charge in [-0.05, 0) is 56.0 Å². The van der Waals surface area contributed by atoms with Crippen molar-refractivity contribution in [3.05, 3.63) is 95.1 Å². The molecule has 10 heteroatoms. The summed E-state index contributed by atoms with van der Waals surface area (Å²) in [7, 11) is 2.96. The summed E-state index contributed by atoms with van der Waals surface area (Å²) in [5.74, 6) is -0.410. The van der Waals surface area contributed by atoms with E-state index < -0.39 is 34.7 Å². The molecule has 3 amide bonds. The van der Waals surface area contributed by atoms with Gasteiger partial charge >= 0.3 is 0 Å². The monoisotopic (exact) mass is 605 g/mol. The second-order valence-corrected chi connectivity index (χ2v) is 12.6.